The van der Waals surface area contributed by atoms with E-state index in [-0.39, 0.29) is 152 Å². The molecule has 6 atom stereocenters. The van der Waals surface area contributed by atoms with Gasteiger partial charge in [-0.05, 0) is 142 Å². The van der Waals surface area contributed by atoms with Gasteiger partial charge in [0.2, 0.25) is 23.5 Å². The summed E-state index contributed by atoms with van der Waals surface area (Å²) < 4.78 is 90.8. The Morgan fingerprint density at radius 1 is 0.452 bits per heavy atom. The van der Waals surface area contributed by atoms with E-state index in [2.05, 4.69) is 58.8 Å². The average Bonchev–Trinajstić information content (AvgIpc) is 1.64. The standard InChI is InChI=1S/C31H25ClF2N4O3.C30H31ClF2N2O3Si.C27H23ClF2N2O3/c1-19(39)24-17-37(26-9-6-20(14-23(24)26)7-11-29-35-12-3-13-36-29)18-30(41)38-16-22(33)15-27(38)28(40)10-8-21-4-2-5-25(32)31(21)34;1-19(36)24-17-34(26-10-8-20(14-23(24)26)12-13-39(2,3)4)18-29(38)35-16-22(32)15-27(35)28(37)11-9-21-6-5-7-25(31)30(21)33;1-3-17-7-9-23-20(11-17)21(16(2)33)14-31(23)15-26(35)32-13-19(29)12-24(32)25(34)10-8-18-5-4-6-22(28)27(18)30/h2-6,9,12-14,17,22,27H,8,10,15-16,18H2,1H3;5-8,10,14,17,22,27H,9,11,15-16,18H2,1-4H3;1,4-7,9,11,14,19,24H,8,10,12-13,15H2,2H3/t2*22-,27+;19-,24+/m111/s1. The van der Waals surface area contributed by atoms with Crippen molar-refractivity contribution in [2.45, 2.75) is 154 Å². The fourth-order valence-corrected chi connectivity index (χ4v) is 15.5. The van der Waals surface area contributed by atoms with Crippen molar-refractivity contribution in [2.75, 3.05) is 19.6 Å². The van der Waals surface area contributed by atoms with Crippen molar-refractivity contribution in [2.24, 2.45) is 0 Å². The van der Waals surface area contributed by atoms with Gasteiger partial charge in [0.05, 0.1) is 52.8 Å². The lowest BCUT2D eigenvalue weighted by molar-refractivity contribution is -0.138. The normalized spacial score (nSPS) is 17.0. The first kappa shape index (κ1) is 84.7. The van der Waals surface area contributed by atoms with Crippen LogP contribution >= 0.6 is 34.8 Å². The second kappa shape index (κ2) is 36.9. The molecule has 3 aliphatic rings. The van der Waals surface area contributed by atoms with E-state index in [1.165, 1.54) is 53.7 Å². The van der Waals surface area contributed by atoms with Gasteiger partial charge in [-0.1, -0.05) is 109 Å². The molecule has 4 aromatic heterocycles. The van der Waals surface area contributed by atoms with E-state index < -0.39 is 79.9 Å². The quantitative estimate of drug-likeness (QED) is 0.0286. The Bertz CT molecular complexity index is 5690. The molecule has 27 heteroatoms. The number of hydrogen-bond donors (Lipinski definition) is 0. The molecule has 0 spiro atoms. The van der Waals surface area contributed by atoms with E-state index in [0.717, 1.165) is 5.56 Å². The number of halogens is 9. The zero-order valence-electron chi connectivity index (χ0n) is 63.7. The van der Waals surface area contributed by atoms with E-state index in [9.17, 15) is 69.5 Å². The number of aromatic nitrogens is 5. The highest BCUT2D eigenvalue weighted by atomic mass is 35.5. The summed E-state index contributed by atoms with van der Waals surface area (Å²) in [6.45, 7) is 9.68. The van der Waals surface area contributed by atoms with Crippen LogP contribution in [0.1, 0.15) is 130 Å². The summed E-state index contributed by atoms with van der Waals surface area (Å²) in [4.78, 5) is 128. The van der Waals surface area contributed by atoms with Crippen molar-refractivity contribution in [1.82, 2.24) is 38.4 Å². The molecule has 0 aliphatic carbocycles. The molecule has 0 unspecified atom stereocenters. The fraction of sp³-hybridized carbons (Fsp3) is 0.307. The van der Waals surface area contributed by atoms with Crippen molar-refractivity contribution >= 4 is 128 Å². The summed E-state index contributed by atoms with van der Waals surface area (Å²) in [6.07, 6.45) is 9.29. The number of rotatable bonds is 21. The van der Waals surface area contributed by atoms with Crippen LogP contribution in [-0.4, -0.2) is 155 Å². The minimum Gasteiger partial charge on any atom is -0.337 e. The van der Waals surface area contributed by atoms with Gasteiger partial charge >= 0.3 is 0 Å². The zero-order valence-corrected chi connectivity index (χ0v) is 66.9. The van der Waals surface area contributed by atoms with Crippen molar-refractivity contribution in [3.8, 4) is 35.6 Å². The first-order chi connectivity index (χ1) is 54.7. The number of Topliss-reactive ketones (excluding diaryl/α,β-unsaturated/α-hetero) is 6. The molecule has 0 N–H and O–H groups in total. The van der Waals surface area contributed by atoms with Crippen molar-refractivity contribution < 1.29 is 69.5 Å². The lowest BCUT2D eigenvalue weighted by atomic mass is 10.0. The molecule has 3 aliphatic heterocycles. The molecule has 0 radical (unpaired) electrons. The van der Waals surface area contributed by atoms with Gasteiger partial charge in [-0.2, -0.15) is 0 Å². The number of carbonyl (C=O) groups is 9. The maximum absolute atomic E-state index is 14.5. The monoisotopic (exact) mass is 1640 g/mol. The third-order valence-corrected chi connectivity index (χ3v) is 21.9. The second-order valence-corrected chi connectivity index (χ2v) is 35.5. The highest BCUT2D eigenvalue weighted by molar-refractivity contribution is 6.83. The molecule has 6 aromatic carbocycles. The maximum atomic E-state index is 14.5. The predicted molar refractivity (Wildman–Crippen MR) is 431 cm³/mol. The van der Waals surface area contributed by atoms with Crippen LogP contribution < -0.4 is 0 Å². The molecule has 10 aromatic rings. The van der Waals surface area contributed by atoms with Crippen LogP contribution in [0.15, 0.2) is 146 Å². The number of fused-ring (bicyclic) bond motifs is 3. The van der Waals surface area contributed by atoms with Gasteiger partial charge in [0.25, 0.3) is 0 Å². The Labute approximate surface area is 676 Å². The first-order valence-corrected chi connectivity index (χ1v) is 41.8. The minimum atomic E-state index is -1.59. The molecular weight excluding hydrogens is 1560 g/mol. The molecule has 0 bridgehead atoms. The van der Waals surface area contributed by atoms with Gasteiger partial charge in [0.1, 0.15) is 63.7 Å². The Balaban J connectivity index is 0.000000170. The summed E-state index contributed by atoms with van der Waals surface area (Å²) in [5.74, 6) is 7.37. The number of carbonyl (C=O) groups excluding carboxylic acids is 9. The summed E-state index contributed by atoms with van der Waals surface area (Å²) >= 11 is 17.5. The van der Waals surface area contributed by atoms with Crippen molar-refractivity contribution in [3.63, 3.8) is 0 Å². The molecule has 0 saturated carbocycles. The van der Waals surface area contributed by atoms with Crippen LogP contribution in [0, 0.1) is 53.1 Å². The summed E-state index contributed by atoms with van der Waals surface area (Å²) in [6, 6.07) is 28.6. The highest BCUT2D eigenvalue weighted by Gasteiger charge is 2.42. The molecule has 3 amide bonds. The van der Waals surface area contributed by atoms with Crippen molar-refractivity contribution in [3.05, 3.63) is 235 Å². The highest BCUT2D eigenvalue weighted by Crippen LogP contribution is 2.33. The van der Waals surface area contributed by atoms with E-state index >= 15 is 0 Å². The third kappa shape index (κ3) is 20.5. The topological polar surface area (TPSA) is 204 Å². The van der Waals surface area contributed by atoms with Crippen LogP contribution in [0.5, 0.6) is 0 Å². The SMILES string of the molecule is C#Cc1ccc2c(c1)c(C(C)=O)cn2CC(=O)N1C[C@H](F)C[C@H]1C(=O)CCc1cccc(Cl)c1F.CC(=O)c1cn(CC(=O)N2C[C@H](F)C[C@H]2C(=O)CCc2cccc(Cl)c2F)c2ccc(C#C[Si](C)(C)C)cc12.CC(=O)c1cn(CC(=O)N2C[C@H](F)C[C@H]2C(=O)CCc2cccc(Cl)c2F)c2ccc(C#Cc3ncccn3)cc12. The third-order valence-electron chi connectivity index (χ3n) is 20.2. The molecule has 13 rings (SSSR count). The lowest BCUT2D eigenvalue weighted by Crippen LogP contribution is -2.42. The summed E-state index contributed by atoms with van der Waals surface area (Å²) in [5, 5.41) is 1.84. The number of benzene rings is 6. The average molecular weight is 1640 g/mol. The van der Waals surface area contributed by atoms with E-state index in [1.54, 1.807) is 124 Å². The summed E-state index contributed by atoms with van der Waals surface area (Å²) in [7, 11) is -1.59. The summed E-state index contributed by atoms with van der Waals surface area (Å²) in [5.41, 5.74) is 9.47. The minimum absolute atomic E-state index is 0.0273. The number of ketones is 6. The van der Waals surface area contributed by atoms with E-state index in [1.807, 2.05) is 18.2 Å². The molecule has 592 valence electrons. The molecular formula is C88H79Cl3F6N8O9Si. The van der Waals surface area contributed by atoms with Crippen LogP contribution in [-0.2, 0) is 67.7 Å². The number of amides is 3. The van der Waals surface area contributed by atoms with Crippen LogP contribution in [0.3, 0.4) is 0 Å². The molecule has 7 heterocycles. The van der Waals surface area contributed by atoms with E-state index in [4.69, 9.17) is 41.2 Å². The van der Waals surface area contributed by atoms with Gasteiger partial charge in [0, 0.05) is 136 Å². The number of nitrogens with zero attached hydrogens (tertiary/aromatic N) is 8. The zero-order chi connectivity index (χ0) is 82.9. The number of hydrogen-bond acceptors (Lipinski definition) is 11. The molecule has 115 heavy (non-hydrogen) atoms. The van der Waals surface area contributed by atoms with Gasteiger partial charge < -0.3 is 28.4 Å². The Morgan fingerprint density at radius 3 is 1.10 bits per heavy atom. The first-order valence-electron chi connectivity index (χ1n) is 37.1. The van der Waals surface area contributed by atoms with Gasteiger partial charge in [-0.25, -0.2) is 36.3 Å². The van der Waals surface area contributed by atoms with Crippen LogP contribution in [0.4, 0.5) is 26.3 Å². The van der Waals surface area contributed by atoms with Gasteiger partial charge in [-0.15, -0.1) is 12.0 Å². The number of alkyl halides is 3. The van der Waals surface area contributed by atoms with Crippen LogP contribution in [0.25, 0.3) is 32.7 Å². The largest absolute Gasteiger partial charge is 0.337 e. The Morgan fingerprint density at radius 2 is 0.774 bits per heavy atom. The van der Waals surface area contributed by atoms with Crippen molar-refractivity contribution in [1.29, 1.82) is 0 Å². The predicted octanol–water partition coefficient (Wildman–Crippen LogP) is 15.7. The lowest BCUT2D eigenvalue weighted by Gasteiger charge is -2.24. The number of terminal acetylenes is 1. The number of aryl methyl sites for hydroxylation is 3. The Hall–Kier alpha value is -11.2. The molecule has 3 fully saturated rings. The molecule has 3 saturated heterocycles. The van der Waals surface area contributed by atoms with Gasteiger partial charge in [-0.3, -0.25) is 43.2 Å². The Kier molecular flexibility index (Phi) is 27.2. The van der Waals surface area contributed by atoms with E-state index in [0.29, 0.717) is 77.5 Å². The second-order valence-electron chi connectivity index (χ2n) is 29.6. The number of likely N-dealkylation sites (tertiary alicyclic amines) is 3. The van der Waals surface area contributed by atoms with Gasteiger partial charge in [0.15, 0.2) is 34.7 Å². The van der Waals surface area contributed by atoms with Crippen LogP contribution in [0.2, 0.25) is 34.7 Å². The fourth-order valence-electron chi connectivity index (χ4n) is 14.4. The maximum Gasteiger partial charge on any atom is 0.243 e. The smallest absolute Gasteiger partial charge is 0.243 e. The molecule has 17 nitrogen and oxygen atoms in total.